The molecule has 0 aliphatic rings. The first kappa shape index (κ1) is 21.4. The van der Waals surface area contributed by atoms with Gasteiger partial charge in [0, 0.05) is 12.1 Å². The van der Waals surface area contributed by atoms with Crippen molar-refractivity contribution in [3.05, 3.63) is 65.2 Å². The second-order valence-electron chi connectivity index (χ2n) is 6.88. The summed E-state index contributed by atoms with van der Waals surface area (Å²) in [6.45, 7) is 3.91. The van der Waals surface area contributed by atoms with Gasteiger partial charge in [0.05, 0.1) is 17.5 Å². The highest BCUT2D eigenvalue weighted by Gasteiger charge is 2.24. The number of halogens is 1. The molecular formula is C20H25ClN2O3S. The van der Waals surface area contributed by atoms with Gasteiger partial charge < -0.3 is 5.32 Å². The number of hydrogen-bond donors (Lipinski definition) is 1. The summed E-state index contributed by atoms with van der Waals surface area (Å²) in [6, 6.07) is 15.4. The summed E-state index contributed by atoms with van der Waals surface area (Å²) < 4.78 is 26.3. The number of rotatable bonds is 8. The number of benzene rings is 2. The first-order valence-electron chi connectivity index (χ1n) is 8.76. The number of sulfonamides is 1. The van der Waals surface area contributed by atoms with Gasteiger partial charge in [-0.3, -0.25) is 4.79 Å². The minimum Gasteiger partial charge on any atom is -0.348 e. The fourth-order valence-corrected chi connectivity index (χ4v) is 4.00. The lowest BCUT2D eigenvalue weighted by Crippen LogP contribution is -2.40. The number of nitrogens with zero attached hydrogens (tertiary/aromatic N) is 1. The number of likely N-dealkylation sites (N-methyl/N-ethyl adjacent to an activating group) is 1. The van der Waals surface area contributed by atoms with E-state index in [9.17, 15) is 13.2 Å². The number of nitrogens with one attached hydrogen (secondary N) is 1. The first-order chi connectivity index (χ1) is 12.7. The average molecular weight is 409 g/mol. The molecule has 1 atom stereocenters. The van der Waals surface area contributed by atoms with Crippen molar-refractivity contribution in [1.29, 1.82) is 0 Å². The molecule has 2 rings (SSSR count). The van der Waals surface area contributed by atoms with Crippen LogP contribution in [0.25, 0.3) is 0 Å². The molecule has 0 radical (unpaired) electrons. The van der Waals surface area contributed by atoms with Crippen LogP contribution in [-0.4, -0.2) is 32.2 Å². The van der Waals surface area contributed by atoms with E-state index in [1.54, 1.807) is 0 Å². The quantitative estimate of drug-likeness (QED) is 0.721. The third kappa shape index (κ3) is 6.06. The van der Waals surface area contributed by atoms with E-state index >= 15 is 0 Å². The Kier molecular flexibility index (Phi) is 7.41. The summed E-state index contributed by atoms with van der Waals surface area (Å²) >= 11 is 5.81. The fraction of sp³-hybridized carbons (Fsp3) is 0.350. The molecule has 0 spiro atoms. The normalized spacial score (nSPS) is 13.0. The Morgan fingerprint density at radius 3 is 2.22 bits per heavy atom. The summed E-state index contributed by atoms with van der Waals surface area (Å²) in [4.78, 5) is 12.6. The van der Waals surface area contributed by atoms with Crippen LogP contribution in [0.5, 0.6) is 0 Å². The molecule has 27 heavy (non-hydrogen) atoms. The lowest BCUT2D eigenvalue weighted by atomic mass is 9.97. The summed E-state index contributed by atoms with van der Waals surface area (Å²) in [5.41, 5.74) is 1.00. The molecule has 0 saturated heterocycles. The molecular weight excluding hydrogens is 384 g/mol. The van der Waals surface area contributed by atoms with Crippen LogP contribution in [0.2, 0.25) is 5.02 Å². The Balaban J connectivity index is 2.09. The van der Waals surface area contributed by atoms with Crippen molar-refractivity contribution < 1.29 is 13.2 Å². The van der Waals surface area contributed by atoms with Crippen LogP contribution in [0, 0.1) is 5.92 Å². The van der Waals surface area contributed by atoms with Crippen molar-refractivity contribution in [2.24, 2.45) is 5.92 Å². The number of amides is 1. The smallest absolute Gasteiger partial charge is 0.243 e. The fourth-order valence-electron chi connectivity index (χ4n) is 2.75. The van der Waals surface area contributed by atoms with Gasteiger partial charge >= 0.3 is 0 Å². The van der Waals surface area contributed by atoms with Gasteiger partial charge in [-0.05, 0) is 42.2 Å². The summed E-state index contributed by atoms with van der Waals surface area (Å²) in [5.74, 6) is 0.0376. The molecule has 5 nitrogen and oxygen atoms in total. The molecule has 0 aliphatic carbocycles. The second-order valence-corrected chi connectivity index (χ2v) is 9.36. The van der Waals surface area contributed by atoms with E-state index in [4.69, 9.17) is 11.6 Å². The van der Waals surface area contributed by atoms with Gasteiger partial charge in [-0.25, -0.2) is 8.42 Å². The zero-order valence-electron chi connectivity index (χ0n) is 15.7. The van der Waals surface area contributed by atoms with E-state index in [0.717, 1.165) is 16.3 Å². The zero-order chi connectivity index (χ0) is 20.0. The van der Waals surface area contributed by atoms with Crippen LogP contribution < -0.4 is 5.32 Å². The van der Waals surface area contributed by atoms with Gasteiger partial charge in [0.2, 0.25) is 15.9 Å². The van der Waals surface area contributed by atoms with E-state index in [2.05, 4.69) is 19.2 Å². The molecule has 2 aromatic rings. The van der Waals surface area contributed by atoms with Gasteiger partial charge in [0.25, 0.3) is 0 Å². The van der Waals surface area contributed by atoms with Crippen LogP contribution in [0.3, 0.4) is 0 Å². The number of carbonyl (C=O) groups excluding carboxylic acids is 1. The topological polar surface area (TPSA) is 66.5 Å². The van der Waals surface area contributed by atoms with Crippen LogP contribution >= 0.6 is 11.6 Å². The summed E-state index contributed by atoms with van der Waals surface area (Å²) in [6.07, 6.45) is 0.767. The van der Waals surface area contributed by atoms with Crippen LogP contribution in [0.4, 0.5) is 0 Å². The Labute approximate surface area is 166 Å². The lowest BCUT2D eigenvalue weighted by Gasteiger charge is -2.23. The standard InChI is InChI=1S/C20H25ClN2O3S/c1-15(2)13-19(16-7-5-4-6-8-16)22-20(24)14-23(3)27(25,26)18-11-9-17(21)10-12-18/h4-12,15,19H,13-14H2,1-3H3,(H,22,24). The maximum absolute atomic E-state index is 12.6. The Bertz CT molecular complexity index is 853. The Hall–Kier alpha value is -1.89. The van der Waals surface area contributed by atoms with Gasteiger partial charge in [-0.2, -0.15) is 4.31 Å². The Morgan fingerprint density at radius 1 is 1.07 bits per heavy atom. The minimum atomic E-state index is -3.76. The van der Waals surface area contributed by atoms with Crippen molar-refractivity contribution >= 4 is 27.5 Å². The van der Waals surface area contributed by atoms with Crippen molar-refractivity contribution in [3.63, 3.8) is 0 Å². The molecule has 0 saturated carbocycles. The van der Waals surface area contributed by atoms with Crippen LogP contribution in [0.15, 0.2) is 59.5 Å². The highest BCUT2D eigenvalue weighted by atomic mass is 35.5. The minimum absolute atomic E-state index is 0.101. The molecule has 0 aromatic heterocycles. The second kappa shape index (κ2) is 9.35. The highest BCUT2D eigenvalue weighted by molar-refractivity contribution is 7.89. The average Bonchev–Trinajstić information content (AvgIpc) is 2.61. The Morgan fingerprint density at radius 2 is 1.67 bits per heavy atom. The maximum Gasteiger partial charge on any atom is 0.243 e. The SMILES string of the molecule is CC(C)CC(NC(=O)CN(C)S(=O)(=O)c1ccc(Cl)cc1)c1ccccc1. The number of carbonyl (C=O) groups is 1. The third-order valence-electron chi connectivity index (χ3n) is 4.13. The maximum atomic E-state index is 12.6. The molecule has 0 bridgehead atoms. The van der Waals surface area contributed by atoms with Gasteiger partial charge in [0.15, 0.2) is 0 Å². The molecule has 7 heteroatoms. The van der Waals surface area contributed by atoms with Gasteiger partial charge in [0.1, 0.15) is 0 Å². The first-order valence-corrected chi connectivity index (χ1v) is 10.6. The van der Waals surface area contributed by atoms with Crippen molar-refractivity contribution in [3.8, 4) is 0 Å². The van der Waals surface area contributed by atoms with E-state index < -0.39 is 10.0 Å². The largest absolute Gasteiger partial charge is 0.348 e. The predicted molar refractivity (Wildman–Crippen MR) is 108 cm³/mol. The van der Waals surface area contributed by atoms with Gasteiger partial charge in [-0.15, -0.1) is 0 Å². The molecule has 1 unspecified atom stereocenters. The summed E-state index contributed by atoms with van der Waals surface area (Å²) in [5, 5.41) is 3.41. The zero-order valence-corrected chi connectivity index (χ0v) is 17.3. The predicted octanol–water partition coefficient (Wildman–Crippen LogP) is 3.86. The molecule has 2 aromatic carbocycles. The highest BCUT2D eigenvalue weighted by Crippen LogP contribution is 2.21. The monoisotopic (exact) mass is 408 g/mol. The van der Waals surface area contributed by atoms with Crippen molar-refractivity contribution in [2.45, 2.75) is 31.2 Å². The number of hydrogen-bond acceptors (Lipinski definition) is 3. The van der Waals surface area contributed by atoms with Crippen molar-refractivity contribution in [2.75, 3.05) is 13.6 Å². The van der Waals surface area contributed by atoms with E-state index in [1.807, 2.05) is 30.3 Å². The molecule has 0 heterocycles. The van der Waals surface area contributed by atoms with Crippen LogP contribution in [-0.2, 0) is 14.8 Å². The van der Waals surface area contributed by atoms with Crippen molar-refractivity contribution in [1.82, 2.24) is 9.62 Å². The summed E-state index contributed by atoms with van der Waals surface area (Å²) in [7, 11) is -2.37. The van der Waals surface area contributed by atoms with Gasteiger partial charge in [-0.1, -0.05) is 55.8 Å². The molecule has 1 amide bonds. The molecule has 0 fully saturated rings. The lowest BCUT2D eigenvalue weighted by molar-refractivity contribution is -0.122. The molecule has 146 valence electrons. The molecule has 0 aliphatic heterocycles. The third-order valence-corrected chi connectivity index (χ3v) is 6.20. The molecule has 1 N–H and O–H groups in total. The van der Waals surface area contributed by atoms with E-state index in [0.29, 0.717) is 10.9 Å². The van der Waals surface area contributed by atoms with Crippen LogP contribution in [0.1, 0.15) is 31.9 Å². The van der Waals surface area contributed by atoms with E-state index in [1.165, 1.54) is 31.3 Å². The van der Waals surface area contributed by atoms with E-state index in [-0.39, 0.29) is 23.4 Å².